The average molecular weight is 518 g/mol. The molecular formula is C25H26GeSn. The van der Waals surface area contributed by atoms with Crippen LogP contribution in [0.1, 0.15) is 0 Å². The van der Waals surface area contributed by atoms with E-state index in [9.17, 15) is 0 Å². The summed E-state index contributed by atoms with van der Waals surface area (Å²) in [4.78, 5) is 4.80. The van der Waals surface area contributed by atoms with Crippen LogP contribution in [0, 0.1) is 0 Å². The molecule has 0 spiro atoms. The first-order valence-corrected chi connectivity index (χ1v) is 20.7. The van der Waals surface area contributed by atoms with Crippen LogP contribution >= 0.6 is 0 Å². The van der Waals surface area contributed by atoms with Crippen LogP contribution in [0.25, 0.3) is 10.8 Å². The van der Waals surface area contributed by atoms with Crippen molar-refractivity contribution in [3.05, 3.63) is 103 Å². The van der Waals surface area contributed by atoms with E-state index in [4.69, 9.17) is 0 Å². The molecule has 134 valence electrons. The second-order valence-corrected chi connectivity index (χ2v) is 19.2. The molecule has 0 heterocycles. The Morgan fingerprint density at radius 3 is 1.78 bits per heavy atom. The molecule has 0 nitrogen and oxygen atoms in total. The molecule has 4 aromatic carbocycles. The predicted molar refractivity (Wildman–Crippen MR) is 125 cm³/mol. The Kier molecular flexibility index (Phi) is 7.60. The summed E-state index contributed by atoms with van der Waals surface area (Å²) < 4.78 is 4.72. The number of hydrogen-bond acceptors (Lipinski definition) is 0. The van der Waals surface area contributed by atoms with Gasteiger partial charge in [-0.3, -0.25) is 0 Å². The molecule has 0 saturated carbocycles. The Hall–Kier alpha value is -1.52. The van der Waals surface area contributed by atoms with Crippen LogP contribution in [0.5, 0.6) is 0 Å². The average Bonchev–Trinajstić information content (AvgIpc) is 2.74. The summed E-state index contributed by atoms with van der Waals surface area (Å²) in [5.41, 5.74) is 0. The van der Waals surface area contributed by atoms with Crippen LogP contribution in [0.3, 0.4) is 0 Å². The third-order valence-corrected chi connectivity index (χ3v) is 14.1. The molecule has 0 fully saturated rings. The maximum atomic E-state index is 2.44. The van der Waals surface area contributed by atoms with E-state index < -0.39 is 34.1 Å². The monoisotopic (exact) mass is 520 g/mol. The summed E-state index contributed by atoms with van der Waals surface area (Å²) in [6.45, 7) is 0. The van der Waals surface area contributed by atoms with Crippen molar-refractivity contribution in [1.29, 1.82) is 0 Å². The van der Waals surface area contributed by atoms with E-state index in [0.29, 0.717) is 0 Å². The van der Waals surface area contributed by atoms with Gasteiger partial charge in [0.2, 0.25) is 0 Å². The topological polar surface area (TPSA) is 0 Å². The second-order valence-electron chi connectivity index (χ2n) is 6.88. The van der Waals surface area contributed by atoms with Crippen molar-refractivity contribution in [3.8, 4) is 0 Å². The van der Waals surface area contributed by atoms with Gasteiger partial charge >= 0.3 is 176 Å². The summed E-state index contributed by atoms with van der Waals surface area (Å²) in [6, 6.07) is 37.2. The van der Waals surface area contributed by atoms with E-state index in [2.05, 4.69) is 119 Å². The molecule has 0 atom stereocenters. The van der Waals surface area contributed by atoms with Crippen LogP contribution in [0.15, 0.2) is 103 Å². The predicted octanol–water partition coefficient (Wildman–Crippen LogP) is 4.73. The minimum atomic E-state index is -1.37. The number of benzene rings is 4. The number of hydrogen-bond donors (Lipinski definition) is 0. The van der Waals surface area contributed by atoms with Crippen molar-refractivity contribution in [2.75, 3.05) is 0 Å². The molecule has 0 saturated heterocycles. The van der Waals surface area contributed by atoms with Crippen molar-refractivity contribution in [2.24, 2.45) is 0 Å². The first kappa shape index (κ1) is 20.2. The Labute approximate surface area is 175 Å². The van der Waals surface area contributed by atoms with Gasteiger partial charge in [-0.05, 0) is 0 Å². The van der Waals surface area contributed by atoms with Gasteiger partial charge in [0.1, 0.15) is 0 Å². The molecular weight excluding hydrogens is 492 g/mol. The molecule has 0 unspecified atom stereocenters. The van der Waals surface area contributed by atoms with E-state index >= 15 is 0 Å². The zero-order chi connectivity index (χ0) is 19.1. The molecule has 0 aliphatic rings. The summed E-state index contributed by atoms with van der Waals surface area (Å²) >= 11 is -2.39. The maximum absolute atomic E-state index is 2.44. The molecule has 0 N–H and O–H groups in total. The van der Waals surface area contributed by atoms with E-state index in [1.807, 2.05) is 0 Å². The van der Waals surface area contributed by atoms with Crippen molar-refractivity contribution in [2.45, 2.75) is 15.6 Å². The van der Waals surface area contributed by atoms with Crippen LogP contribution in [-0.4, -0.2) is 34.1 Å². The molecule has 2 radical (unpaired) electrons. The van der Waals surface area contributed by atoms with Crippen molar-refractivity contribution in [1.82, 2.24) is 0 Å². The van der Waals surface area contributed by atoms with Gasteiger partial charge in [-0.15, -0.1) is 0 Å². The molecule has 27 heavy (non-hydrogen) atoms. The van der Waals surface area contributed by atoms with Gasteiger partial charge in [-0.25, -0.2) is 0 Å². The zero-order valence-electron chi connectivity index (χ0n) is 16.3. The number of rotatable bonds is 3. The molecule has 0 amide bonds. The van der Waals surface area contributed by atoms with E-state index in [-0.39, 0.29) is 0 Å². The number of fused-ring (bicyclic) bond motifs is 1. The molecule has 0 bridgehead atoms. The Balaban J connectivity index is 0.000000197. The second kappa shape index (κ2) is 10.1. The standard InChI is InChI=1S/C17H15Ge.C6H5.2CH3.Sn/c1-18(15-10-3-2-4-11-15)17-13-7-9-14-8-5-6-12-16(14)17;1-2-4-6-5-3-1;;;/h2-13H,1H3;1-5H;2*1H3;. The van der Waals surface area contributed by atoms with Crippen LogP contribution in [0.4, 0.5) is 0 Å². The van der Waals surface area contributed by atoms with Gasteiger partial charge < -0.3 is 0 Å². The van der Waals surface area contributed by atoms with Gasteiger partial charge in [-0.1, -0.05) is 0 Å². The zero-order valence-corrected chi connectivity index (χ0v) is 21.3. The van der Waals surface area contributed by atoms with Gasteiger partial charge in [0.15, 0.2) is 0 Å². The van der Waals surface area contributed by atoms with Gasteiger partial charge in [0.05, 0.1) is 0 Å². The first-order valence-electron chi connectivity index (χ1n) is 9.39. The summed E-state index contributed by atoms with van der Waals surface area (Å²) in [7, 11) is 0. The molecule has 4 rings (SSSR count). The molecule has 0 aliphatic heterocycles. The van der Waals surface area contributed by atoms with Gasteiger partial charge in [0.25, 0.3) is 0 Å². The quantitative estimate of drug-likeness (QED) is 0.345. The molecule has 4 aromatic rings. The fourth-order valence-electron chi connectivity index (χ4n) is 3.17. The van der Waals surface area contributed by atoms with Crippen molar-refractivity contribution < 1.29 is 0 Å². The van der Waals surface area contributed by atoms with Crippen molar-refractivity contribution >= 4 is 57.3 Å². The SMILES string of the molecule is [CH3][Ge]([c]1ccccc1)[c]1cccc2ccccc12.[CH3][Sn]([CH3])[c]1ccccc1. The fourth-order valence-corrected chi connectivity index (χ4v) is 9.78. The Morgan fingerprint density at radius 1 is 0.593 bits per heavy atom. The Bertz CT molecular complexity index is 960. The van der Waals surface area contributed by atoms with Gasteiger partial charge in [-0.2, -0.15) is 0 Å². The molecule has 2 heteroatoms. The minimum absolute atomic E-state index is 1.02. The normalized spacial score (nSPS) is 10.7. The third kappa shape index (κ3) is 5.49. The summed E-state index contributed by atoms with van der Waals surface area (Å²) in [6.07, 6.45) is 0. The van der Waals surface area contributed by atoms with E-state index in [1.165, 1.54) is 15.2 Å². The van der Waals surface area contributed by atoms with E-state index in [0.717, 1.165) is 0 Å². The van der Waals surface area contributed by atoms with Gasteiger partial charge in [0, 0.05) is 0 Å². The fraction of sp³-hybridized carbons (Fsp3) is 0.120. The Morgan fingerprint density at radius 2 is 1.15 bits per heavy atom. The molecule has 0 aromatic heterocycles. The van der Waals surface area contributed by atoms with E-state index in [1.54, 1.807) is 7.98 Å². The first-order chi connectivity index (χ1) is 13.2. The van der Waals surface area contributed by atoms with Crippen molar-refractivity contribution in [3.63, 3.8) is 0 Å². The third-order valence-electron chi connectivity index (χ3n) is 4.75. The van der Waals surface area contributed by atoms with Crippen LogP contribution in [-0.2, 0) is 0 Å². The summed E-state index contributed by atoms with van der Waals surface area (Å²) in [5, 5.41) is 2.79. The van der Waals surface area contributed by atoms with Crippen LogP contribution < -0.4 is 12.4 Å². The molecule has 0 aliphatic carbocycles. The summed E-state index contributed by atoms with van der Waals surface area (Å²) in [5.74, 6) is 2.44. The van der Waals surface area contributed by atoms with Crippen LogP contribution in [0.2, 0.25) is 15.6 Å².